The fraction of sp³-hybridized carbons (Fsp3) is 0.0732. The molecule has 0 atom stereocenters. The maximum Gasteiger partial charge on any atom is 0.339 e. The van der Waals surface area contributed by atoms with Crippen LogP contribution in [-0.2, 0) is 4.79 Å². The van der Waals surface area contributed by atoms with Crippen LogP contribution in [0, 0.1) is 0 Å². The molecule has 8 N–H and O–H groups in total. The van der Waals surface area contributed by atoms with Crippen molar-refractivity contribution >= 4 is 69.2 Å². The monoisotopic (exact) mass is 799 g/mol. The summed E-state index contributed by atoms with van der Waals surface area (Å²) in [5.41, 5.74) is 0.846. The number of phenolic OH excluding ortho intramolecular Hbond substituents is 1. The number of anilines is 4. The van der Waals surface area contributed by atoms with Gasteiger partial charge in [0.2, 0.25) is 5.91 Å². The van der Waals surface area contributed by atoms with Crippen molar-refractivity contribution in [2.75, 3.05) is 42.0 Å². The van der Waals surface area contributed by atoms with Gasteiger partial charge in [-0.1, -0.05) is 24.3 Å². The van der Waals surface area contributed by atoms with E-state index in [2.05, 4.69) is 36.6 Å². The van der Waals surface area contributed by atoms with E-state index in [0.29, 0.717) is 11.2 Å². The van der Waals surface area contributed by atoms with E-state index in [1.54, 1.807) is 24.3 Å². The summed E-state index contributed by atoms with van der Waals surface area (Å²) in [5.74, 6) is -6.54. The third-order valence-corrected chi connectivity index (χ3v) is 8.57. The van der Waals surface area contributed by atoms with Crippen molar-refractivity contribution in [2.45, 2.75) is 0 Å². The van der Waals surface area contributed by atoms with Crippen LogP contribution >= 0.6 is 0 Å². The molecule has 0 bridgehead atoms. The van der Waals surface area contributed by atoms with Gasteiger partial charge >= 0.3 is 5.97 Å². The maximum absolute atomic E-state index is 13.1. The number of aromatic carboxylic acids is 1. The molecule has 18 nitrogen and oxygen atoms in total. The molecule has 0 fully saturated rings. The number of nitrogens with one attached hydrogen (secondary N) is 5. The number of carboxylic acids is 1. The van der Waals surface area contributed by atoms with Crippen molar-refractivity contribution in [3.63, 3.8) is 0 Å². The summed E-state index contributed by atoms with van der Waals surface area (Å²) in [6.45, 7) is -0.391. The van der Waals surface area contributed by atoms with E-state index >= 15 is 0 Å². The van der Waals surface area contributed by atoms with E-state index in [4.69, 9.17) is 9.47 Å². The Morgan fingerprint density at radius 2 is 1.19 bits per heavy atom. The molecule has 0 unspecified atom stereocenters. The Morgan fingerprint density at radius 1 is 0.593 bits per heavy atom. The number of hydrogen-bond acceptors (Lipinski definition) is 12. The molecular formula is C41H33N7O11. The zero-order chi connectivity index (χ0) is 42.2. The third-order valence-electron chi connectivity index (χ3n) is 8.57. The second kappa shape index (κ2) is 17.5. The molecule has 5 amide bonds. The number of pyridine rings is 2. The number of benzene rings is 4. The van der Waals surface area contributed by atoms with Crippen LogP contribution in [0.15, 0.2) is 103 Å². The molecular weight excluding hydrogens is 766 g/mol. The lowest BCUT2D eigenvalue weighted by Crippen LogP contribution is -2.32. The van der Waals surface area contributed by atoms with Gasteiger partial charge in [0, 0.05) is 16.6 Å². The van der Waals surface area contributed by atoms with E-state index in [1.165, 1.54) is 55.8 Å². The van der Waals surface area contributed by atoms with E-state index in [1.807, 2.05) is 24.3 Å². The predicted molar refractivity (Wildman–Crippen MR) is 214 cm³/mol. The van der Waals surface area contributed by atoms with Gasteiger partial charge in [0.05, 0.1) is 55.1 Å². The number of carbonyl (C=O) groups is 6. The molecule has 0 saturated carbocycles. The fourth-order valence-electron chi connectivity index (χ4n) is 5.65. The molecule has 6 rings (SSSR count). The van der Waals surface area contributed by atoms with E-state index in [-0.39, 0.29) is 51.1 Å². The summed E-state index contributed by atoms with van der Waals surface area (Å²) in [6, 6.07) is 24.3. The Labute approximate surface area is 333 Å². The highest BCUT2D eigenvalue weighted by Gasteiger charge is 2.24. The zero-order valence-corrected chi connectivity index (χ0v) is 31.0. The Bertz CT molecular complexity index is 2630. The maximum atomic E-state index is 13.1. The minimum Gasteiger partial charge on any atom is -0.504 e. The Morgan fingerprint density at radius 3 is 1.83 bits per heavy atom. The van der Waals surface area contributed by atoms with E-state index < -0.39 is 59.1 Å². The summed E-state index contributed by atoms with van der Waals surface area (Å²) >= 11 is 0. The SMILES string of the molecule is COc1c(NC(=O)c2ccc(NC(=O)c3ccc(NC(=O)CNC(=O)c4ccc(NC(=O)c5ccc6ccccc6n5)cc4)cn3)c(OC)c2O)ccc(C(=O)O)c1O. The number of para-hydroxylation sites is 1. The first-order chi connectivity index (χ1) is 28.4. The standard InChI is InChI=1S/C41H33N7O11/c1-58-35-29(17-13-25(33(35)50)38(53)47-28-18-14-26(41(56)57)34(51)36(28)59-2)48-39(54)30-16-12-24(19-42-30)44-32(49)20-43-37(52)22-7-10-23(11-8-22)45-40(55)31-15-9-21-5-3-4-6-27(21)46-31/h3-19,50-51H,20H2,1-2H3,(H,43,52)(H,44,49)(H,45,55)(H,47,53)(H,48,54)(H,56,57). The average molecular weight is 800 g/mol. The number of carbonyl (C=O) groups excluding carboxylic acids is 5. The highest BCUT2D eigenvalue weighted by molar-refractivity contribution is 6.10. The quantitative estimate of drug-likeness (QED) is 0.0775. The molecule has 0 saturated heterocycles. The number of nitrogens with zero attached hydrogens (tertiary/aromatic N) is 2. The van der Waals surface area contributed by atoms with E-state index in [0.717, 1.165) is 18.6 Å². The molecule has 6 aromatic rings. The minimum atomic E-state index is -1.42. The summed E-state index contributed by atoms with van der Waals surface area (Å²) in [5, 5.41) is 44.0. The van der Waals surface area contributed by atoms with Crippen molar-refractivity contribution < 1.29 is 53.6 Å². The van der Waals surface area contributed by atoms with Gasteiger partial charge in [-0.15, -0.1) is 0 Å². The molecule has 2 aromatic heterocycles. The number of methoxy groups -OCH3 is 2. The summed E-state index contributed by atoms with van der Waals surface area (Å²) < 4.78 is 10.3. The number of carboxylic acid groups (broad SMARTS) is 1. The number of ether oxygens (including phenoxy) is 2. The molecule has 0 aliphatic heterocycles. The van der Waals surface area contributed by atoms with Gasteiger partial charge in [-0.3, -0.25) is 24.0 Å². The largest absolute Gasteiger partial charge is 0.504 e. The normalized spacial score (nSPS) is 10.5. The van der Waals surface area contributed by atoms with Gasteiger partial charge in [-0.25, -0.2) is 14.8 Å². The van der Waals surface area contributed by atoms with Crippen molar-refractivity contribution in [3.05, 3.63) is 131 Å². The number of aromatic hydroxyl groups is 2. The van der Waals surface area contributed by atoms with Crippen LogP contribution in [0.1, 0.15) is 52.1 Å². The number of amides is 5. The Hall–Kier alpha value is -8.54. The second-order valence-electron chi connectivity index (χ2n) is 12.4. The molecule has 4 aromatic carbocycles. The molecule has 0 spiro atoms. The first kappa shape index (κ1) is 40.1. The lowest BCUT2D eigenvalue weighted by molar-refractivity contribution is -0.115. The summed E-state index contributed by atoms with van der Waals surface area (Å²) in [4.78, 5) is 83.8. The molecule has 0 aliphatic carbocycles. The van der Waals surface area contributed by atoms with Crippen LogP contribution in [0.4, 0.5) is 22.7 Å². The molecule has 59 heavy (non-hydrogen) atoms. The number of fused-ring (bicyclic) bond motifs is 1. The molecule has 2 heterocycles. The topological polar surface area (TPSA) is 267 Å². The van der Waals surface area contributed by atoms with Gasteiger partial charge in [-0.05, 0) is 72.8 Å². The van der Waals surface area contributed by atoms with Crippen molar-refractivity contribution in [1.29, 1.82) is 0 Å². The van der Waals surface area contributed by atoms with Gasteiger partial charge < -0.3 is 51.4 Å². The van der Waals surface area contributed by atoms with Gasteiger partial charge in [-0.2, -0.15) is 0 Å². The first-order valence-electron chi connectivity index (χ1n) is 17.3. The smallest absolute Gasteiger partial charge is 0.339 e. The first-order valence-corrected chi connectivity index (χ1v) is 17.3. The Balaban J connectivity index is 1.00. The van der Waals surface area contributed by atoms with E-state index in [9.17, 15) is 44.1 Å². The third kappa shape index (κ3) is 9.13. The molecule has 298 valence electrons. The summed E-state index contributed by atoms with van der Waals surface area (Å²) in [6.07, 6.45) is 1.21. The number of aromatic nitrogens is 2. The zero-order valence-electron chi connectivity index (χ0n) is 31.0. The molecule has 18 heteroatoms. The van der Waals surface area contributed by atoms with Gasteiger partial charge in [0.1, 0.15) is 17.0 Å². The van der Waals surface area contributed by atoms with Gasteiger partial charge in [0.25, 0.3) is 23.6 Å². The van der Waals surface area contributed by atoms with Crippen molar-refractivity contribution in [2.24, 2.45) is 0 Å². The fourth-order valence-corrected chi connectivity index (χ4v) is 5.65. The molecule has 0 radical (unpaired) electrons. The minimum absolute atomic E-state index is 0.0276. The van der Waals surface area contributed by atoms with Crippen molar-refractivity contribution in [3.8, 4) is 23.0 Å². The lowest BCUT2D eigenvalue weighted by Gasteiger charge is -2.16. The van der Waals surface area contributed by atoms with Crippen LogP contribution in [0.2, 0.25) is 0 Å². The van der Waals surface area contributed by atoms with Crippen LogP contribution in [-0.4, -0.2) is 81.6 Å². The summed E-state index contributed by atoms with van der Waals surface area (Å²) in [7, 11) is 2.36. The average Bonchev–Trinajstić information content (AvgIpc) is 3.23. The number of rotatable bonds is 13. The molecule has 0 aliphatic rings. The van der Waals surface area contributed by atoms with Crippen LogP contribution in [0.5, 0.6) is 23.0 Å². The van der Waals surface area contributed by atoms with Crippen LogP contribution in [0.3, 0.4) is 0 Å². The van der Waals surface area contributed by atoms with Crippen LogP contribution in [0.25, 0.3) is 10.9 Å². The highest BCUT2D eigenvalue weighted by atomic mass is 16.5. The number of phenols is 2. The Kier molecular flexibility index (Phi) is 11.9. The number of hydrogen-bond donors (Lipinski definition) is 8. The highest BCUT2D eigenvalue weighted by Crippen LogP contribution is 2.40. The predicted octanol–water partition coefficient (Wildman–Crippen LogP) is 4.88. The second-order valence-corrected chi connectivity index (χ2v) is 12.4. The lowest BCUT2D eigenvalue weighted by atomic mass is 10.1. The van der Waals surface area contributed by atoms with Gasteiger partial charge in [0.15, 0.2) is 23.0 Å². The van der Waals surface area contributed by atoms with Crippen LogP contribution < -0.4 is 36.1 Å². The van der Waals surface area contributed by atoms with Crippen molar-refractivity contribution in [1.82, 2.24) is 15.3 Å².